The number of benzene rings is 8. The molecule has 12 rings (SSSR count). The topological polar surface area (TPSA) is 56.7 Å². The van der Waals surface area contributed by atoms with E-state index in [4.69, 9.17) is 19.4 Å². The SMILES string of the molecule is c1ccc(-c2nc(-c3ccc(-n4c5ccccc5c5ccccc54)cc3)cc(-c3ccc4oc5c(-c6ccc7ccccc7c6)nc6ccccc6c5c4c3)n2)cc1. The van der Waals surface area contributed by atoms with E-state index in [-0.39, 0.29) is 0 Å². The lowest BCUT2D eigenvalue weighted by Crippen LogP contribution is -1.97. The molecule has 0 amide bonds. The molecule has 0 aliphatic heterocycles. The van der Waals surface area contributed by atoms with E-state index in [0.717, 1.165) is 83.3 Å². The van der Waals surface area contributed by atoms with Crippen LogP contribution >= 0.6 is 0 Å². The first-order valence-corrected chi connectivity index (χ1v) is 19.5. The molecule has 58 heavy (non-hydrogen) atoms. The van der Waals surface area contributed by atoms with Crippen molar-refractivity contribution in [1.29, 1.82) is 0 Å². The number of rotatable bonds is 5. The quantitative estimate of drug-likeness (QED) is 0.176. The Bertz CT molecular complexity index is 3510. The van der Waals surface area contributed by atoms with Gasteiger partial charge in [-0.1, -0.05) is 133 Å². The molecule has 0 radical (unpaired) electrons. The van der Waals surface area contributed by atoms with Crippen molar-refractivity contribution in [2.45, 2.75) is 0 Å². The van der Waals surface area contributed by atoms with E-state index in [1.54, 1.807) is 0 Å². The molecule has 0 saturated carbocycles. The van der Waals surface area contributed by atoms with Gasteiger partial charge in [-0.15, -0.1) is 0 Å². The summed E-state index contributed by atoms with van der Waals surface area (Å²) < 4.78 is 9.07. The minimum Gasteiger partial charge on any atom is -0.454 e. The van der Waals surface area contributed by atoms with Crippen LogP contribution in [0.3, 0.4) is 0 Å². The molecule has 0 N–H and O–H groups in total. The number of aromatic nitrogens is 4. The molecule has 5 nitrogen and oxygen atoms in total. The number of furan rings is 1. The molecule has 0 spiro atoms. The maximum absolute atomic E-state index is 6.73. The lowest BCUT2D eigenvalue weighted by molar-refractivity contribution is 0.669. The summed E-state index contributed by atoms with van der Waals surface area (Å²) in [6, 6.07) is 67.8. The number of nitrogens with zero attached hydrogens (tertiary/aromatic N) is 4. The first kappa shape index (κ1) is 32.4. The fourth-order valence-corrected chi connectivity index (χ4v) is 8.62. The van der Waals surface area contributed by atoms with E-state index >= 15 is 0 Å². The molecule has 0 atom stereocenters. The highest BCUT2D eigenvalue weighted by atomic mass is 16.3. The van der Waals surface area contributed by atoms with Crippen molar-refractivity contribution in [2.24, 2.45) is 0 Å². The minimum absolute atomic E-state index is 0.671. The number of fused-ring (bicyclic) bond motifs is 9. The van der Waals surface area contributed by atoms with Gasteiger partial charge in [0.1, 0.15) is 11.3 Å². The van der Waals surface area contributed by atoms with Crippen LogP contribution in [0.15, 0.2) is 199 Å². The van der Waals surface area contributed by atoms with Gasteiger partial charge in [-0.05, 0) is 71.4 Å². The number of pyridine rings is 1. The molecular formula is C53H32N4O. The van der Waals surface area contributed by atoms with E-state index < -0.39 is 0 Å². The Kier molecular flexibility index (Phi) is 7.16. The largest absolute Gasteiger partial charge is 0.454 e. The second kappa shape index (κ2) is 12.8. The van der Waals surface area contributed by atoms with Crippen LogP contribution in [0.4, 0.5) is 0 Å². The zero-order valence-electron chi connectivity index (χ0n) is 31.2. The molecule has 4 heterocycles. The van der Waals surface area contributed by atoms with E-state index in [9.17, 15) is 0 Å². The summed E-state index contributed by atoms with van der Waals surface area (Å²) in [6.07, 6.45) is 0. The summed E-state index contributed by atoms with van der Waals surface area (Å²) in [5.41, 5.74) is 12.4. The fourth-order valence-electron chi connectivity index (χ4n) is 8.62. The van der Waals surface area contributed by atoms with Crippen LogP contribution in [0.1, 0.15) is 0 Å². The van der Waals surface area contributed by atoms with Gasteiger partial charge in [-0.25, -0.2) is 15.0 Å². The van der Waals surface area contributed by atoms with Crippen LogP contribution in [0.2, 0.25) is 0 Å². The van der Waals surface area contributed by atoms with Gasteiger partial charge < -0.3 is 8.98 Å². The number of hydrogen-bond acceptors (Lipinski definition) is 4. The first-order valence-electron chi connectivity index (χ1n) is 19.5. The van der Waals surface area contributed by atoms with Crippen molar-refractivity contribution in [3.63, 3.8) is 0 Å². The monoisotopic (exact) mass is 740 g/mol. The van der Waals surface area contributed by atoms with Crippen molar-refractivity contribution in [3.05, 3.63) is 194 Å². The zero-order valence-corrected chi connectivity index (χ0v) is 31.2. The number of para-hydroxylation sites is 3. The summed E-state index contributed by atoms with van der Waals surface area (Å²) in [4.78, 5) is 15.5. The molecule has 0 aliphatic rings. The maximum atomic E-state index is 6.73. The molecule has 8 aromatic carbocycles. The summed E-state index contributed by atoms with van der Waals surface area (Å²) in [5, 5.41) is 7.95. The summed E-state index contributed by atoms with van der Waals surface area (Å²) >= 11 is 0. The molecule has 5 heteroatoms. The van der Waals surface area contributed by atoms with Crippen molar-refractivity contribution in [2.75, 3.05) is 0 Å². The third-order valence-electron chi connectivity index (χ3n) is 11.4. The van der Waals surface area contributed by atoms with Gasteiger partial charge in [0.05, 0.1) is 27.9 Å². The van der Waals surface area contributed by atoms with Crippen LogP contribution in [0.5, 0.6) is 0 Å². The Morgan fingerprint density at radius 3 is 1.79 bits per heavy atom. The molecule has 0 saturated heterocycles. The smallest absolute Gasteiger partial charge is 0.162 e. The van der Waals surface area contributed by atoms with E-state index in [2.05, 4.69) is 174 Å². The molecule has 0 bridgehead atoms. The van der Waals surface area contributed by atoms with E-state index in [1.165, 1.54) is 27.2 Å². The van der Waals surface area contributed by atoms with Crippen molar-refractivity contribution in [3.8, 4) is 50.8 Å². The third-order valence-corrected chi connectivity index (χ3v) is 11.4. The van der Waals surface area contributed by atoms with Gasteiger partial charge in [0.2, 0.25) is 0 Å². The van der Waals surface area contributed by atoms with Gasteiger partial charge in [0.15, 0.2) is 11.4 Å². The molecule has 270 valence electrons. The molecule has 0 fully saturated rings. The Morgan fingerprint density at radius 2 is 1.02 bits per heavy atom. The second-order valence-corrected chi connectivity index (χ2v) is 14.8. The summed E-state index contributed by atoms with van der Waals surface area (Å²) in [6.45, 7) is 0. The zero-order chi connectivity index (χ0) is 38.2. The Labute approximate surface area is 333 Å². The van der Waals surface area contributed by atoms with E-state index in [1.807, 2.05) is 24.3 Å². The summed E-state index contributed by atoms with van der Waals surface area (Å²) in [7, 11) is 0. The minimum atomic E-state index is 0.671. The van der Waals surface area contributed by atoms with Gasteiger partial charge >= 0.3 is 0 Å². The standard InChI is InChI=1S/C53H32N4O/c1-2-13-35(14-3-1)53-55-45(34-24-27-39(28-25-34)57-47-20-10-7-16-40(47)41-17-8-11-21-48(41)57)32-46(56-53)37-26-29-49-43(31-37)50-42-18-6-9-19-44(42)54-51(52(50)58-49)38-23-22-33-12-4-5-15-36(33)30-38/h1-32H. The average Bonchev–Trinajstić information content (AvgIpc) is 3.85. The van der Waals surface area contributed by atoms with Crippen molar-refractivity contribution < 1.29 is 4.42 Å². The highest BCUT2D eigenvalue weighted by Gasteiger charge is 2.20. The fraction of sp³-hybridized carbons (Fsp3) is 0. The third kappa shape index (κ3) is 5.14. The van der Waals surface area contributed by atoms with Gasteiger partial charge in [0.25, 0.3) is 0 Å². The van der Waals surface area contributed by atoms with Gasteiger partial charge in [0, 0.05) is 54.9 Å². The Hall–Kier alpha value is -7.89. The van der Waals surface area contributed by atoms with Gasteiger partial charge in [-0.2, -0.15) is 0 Å². The predicted octanol–water partition coefficient (Wildman–Crippen LogP) is 13.8. The number of hydrogen-bond donors (Lipinski definition) is 0. The predicted molar refractivity (Wildman–Crippen MR) is 238 cm³/mol. The van der Waals surface area contributed by atoms with Crippen LogP contribution in [-0.2, 0) is 0 Å². The lowest BCUT2D eigenvalue weighted by Gasteiger charge is -2.11. The van der Waals surface area contributed by atoms with Crippen molar-refractivity contribution >= 4 is 65.4 Å². The molecule has 0 aliphatic carbocycles. The maximum Gasteiger partial charge on any atom is 0.162 e. The lowest BCUT2D eigenvalue weighted by atomic mass is 9.99. The Morgan fingerprint density at radius 1 is 0.397 bits per heavy atom. The second-order valence-electron chi connectivity index (χ2n) is 14.8. The Balaban J connectivity index is 1.02. The first-order chi connectivity index (χ1) is 28.7. The molecule has 4 aromatic heterocycles. The van der Waals surface area contributed by atoms with Gasteiger partial charge in [-0.3, -0.25) is 0 Å². The molecular weight excluding hydrogens is 709 g/mol. The van der Waals surface area contributed by atoms with E-state index in [0.29, 0.717) is 5.82 Å². The van der Waals surface area contributed by atoms with Crippen LogP contribution in [0.25, 0.3) is 116 Å². The molecule has 12 aromatic rings. The highest BCUT2D eigenvalue weighted by molar-refractivity contribution is 6.21. The normalized spacial score (nSPS) is 11.8. The van der Waals surface area contributed by atoms with Crippen molar-refractivity contribution in [1.82, 2.24) is 19.5 Å². The van der Waals surface area contributed by atoms with Crippen LogP contribution in [0, 0.1) is 0 Å². The average molecular weight is 741 g/mol. The molecule has 0 unspecified atom stereocenters. The highest BCUT2D eigenvalue weighted by Crippen LogP contribution is 2.41. The summed E-state index contributed by atoms with van der Waals surface area (Å²) in [5.74, 6) is 0.671. The van der Waals surface area contributed by atoms with Crippen LogP contribution < -0.4 is 0 Å². The van der Waals surface area contributed by atoms with Crippen LogP contribution in [-0.4, -0.2) is 19.5 Å².